The zero-order valence-electron chi connectivity index (χ0n) is 20.2. The maximum absolute atomic E-state index is 15.0. The topological polar surface area (TPSA) is 106 Å². The molecule has 8 nitrogen and oxygen atoms in total. The van der Waals surface area contributed by atoms with Gasteiger partial charge in [-0.2, -0.15) is 18.3 Å². The standard InChI is InChI=1S/C24H18F8N6O2/c1-10(36-15-8-35-37-22(39)17(15)24(30,31)32)4-13(25)9-38-3-2-11-5-14(18(26)19(27)16(11)23(38)40)21-33-6-12(7-34-21)20(28)29/h2-3,5-8,10,13,20H,4,9H2,1H3,(H2,36,37,39)/t10-,13-/m1/s1. The molecule has 3 heterocycles. The van der Waals surface area contributed by atoms with Gasteiger partial charge in [-0.15, -0.1) is 0 Å². The molecule has 2 N–H and O–H groups in total. The van der Waals surface area contributed by atoms with Gasteiger partial charge in [0.05, 0.1) is 34.9 Å². The van der Waals surface area contributed by atoms with E-state index in [4.69, 9.17) is 0 Å². The minimum Gasteiger partial charge on any atom is -0.381 e. The van der Waals surface area contributed by atoms with Gasteiger partial charge in [-0.3, -0.25) is 9.59 Å². The molecule has 2 atom stereocenters. The Morgan fingerprint density at radius 3 is 2.35 bits per heavy atom. The highest BCUT2D eigenvalue weighted by Crippen LogP contribution is 2.32. The van der Waals surface area contributed by atoms with Crippen molar-refractivity contribution >= 4 is 16.5 Å². The van der Waals surface area contributed by atoms with Gasteiger partial charge >= 0.3 is 6.18 Å². The van der Waals surface area contributed by atoms with Crippen molar-refractivity contribution in [2.75, 3.05) is 5.32 Å². The number of rotatable bonds is 8. The predicted octanol–water partition coefficient (Wildman–Crippen LogP) is 5.01. The summed E-state index contributed by atoms with van der Waals surface area (Å²) in [6, 6.07) is 1.27. The molecule has 16 heteroatoms. The summed E-state index contributed by atoms with van der Waals surface area (Å²) in [6.07, 6.45) is -6.81. The minimum atomic E-state index is -5.01. The third-order valence-electron chi connectivity index (χ3n) is 5.86. The zero-order valence-corrected chi connectivity index (χ0v) is 20.2. The van der Waals surface area contributed by atoms with Gasteiger partial charge < -0.3 is 9.88 Å². The van der Waals surface area contributed by atoms with Crippen molar-refractivity contribution in [2.24, 2.45) is 0 Å². The molecule has 0 saturated heterocycles. The average Bonchev–Trinajstić information content (AvgIpc) is 2.86. The highest BCUT2D eigenvalue weighted by atomic mass is 19.4. The second-order valence-electron chi connectivity index (χ2n) is 8.79. The molecule has 0 aliphatic heterocycles. The number of halogens is 8. The summed E-state index contributed by atoms with van der Waals surface area (Å²) in [5.74, 6) is -3.50. The Balaban J connectivity index is 1.55. The fourth-order valence-corrected chi connectivity index (χ4v) is 4.06. The van der Waals surface area contributed by atoms with Crippen LogP contribution in [0.2, 0.25) is 0 Å². The highest BCUT2D eigenvalue weighted by molar-refractivity contribution is 5.86. The molecule has 40 heavy (non-hydrogen) atoms. The van der Waals surface area contributed by atoms with Crippen molar-refractivity contribution < 1.29 is 35.1 Å². The van der Waals surface area contributed by atoms with Crippen molar-refractivity contribution in [3.63, 3.8) is 0 Å². The van der Waals surface area contributed by atoms with E-state index in [1.807, 2.05) is 0 Å². The lowest BCUT2D eigenvalue weighted by atomic mass is 10.1. The van der Waals surface area contributed by atoms with Gasteiger partial charge in [-0.05, 0) is 24.4 Å². The molecule has 0 aliphatic carbocycles. The molecule has 0 unspecified atom stereocenters. The summed E-state index contributed by atoms with van der Waals surface area (Å²) in [7, 11) is 0. The first-order chi connectivity index (χ1) is 18.8. The van der Waals surface area contributed by atoms with Gasteiger partial charge in [0.2, 0.25) is 0 Å². The molecule has 1 aromatic carbocycles. The van der Waals surface area contributed by atoms with E-state index in [0.29, 0.717) is 0 Å². The Morgan fingerprint density at radius 1 is 1.05 bits per heavy atom. The molecule has 0 amide bonds. The molecule has 0 saturated carbocycles. The lowest BCUT2D eigenvalue weighted by molar-refractivity contribution is -0.138. The molecule has 3 aromatic heterocycles. The van der Waals surface area contributed by atoms with Crippen molar-refractivity contribution in [3.05, 3.63) is 80.4 Å². The number of H-pyrrole nitrogens is 1. The van der Waals surface area contributed by atoms with Crippen molar-refractivity contribution in [3.8, 4) is 11.4 Å². The Hall–Kier alpha value is -4.37. The second kappa shape index (κ2) is 11.0. The van der Waals surface area contributed by atoms with Crippen LogP contribution in [0.1, 0.15) is 30.9 Å². The molecular weight excluding hydrogens is 556 g/mol. The second-order valence-corrected chi connectivity index (χ2v) is 8.79. The lowest BCUT2D eigenvalue weighted by Gasteiger charge is -2.20. The van der Waals surface area contributed by atoms with Crippen LogP contribution in [0.15, 0.2) is 46.5 Å². The molecule has 212 valence electrons. The first-order valence-electron chi connectivity index (χ1n) is 11.4. The van der Waals surface area contributed by atoms with E-state index in [-0.39, 0.29) is 5.39 Å². The van der Waals surface area contributed by atoms with Crippen molar-refractivity contribution in [1.29, 1.82) is 0 Å². The third kappa shape index (κ3) is 5.79. The van der Waals surface area contributed by atoms with Gasteiger partial charge in [0.1, 0.15) is 11.7 Å². The van der Waals surface area contributed by atoms with E-state index in [9.17, 15) is 44.7 Å². The number of hydrogen-bond donors (Lipinski definition) is 2. The number of pyridine rings is 1. The highest BCUT2D eigenvalue weighted by Gasteiger charge is 2.37. The number of alkyl halides is 6. The summed E-state index contributed by atoms with van der Waals surface area (Å²) in [5, 5.41) is 6.55. The van der Waals surface area contributed by atoms with Gasteiger partial charge in [-0.25, -0.2) is 37.0 Å². The normalized spacial score (nSPS) is 13.6. The maximum atomic E-state index is 15.0. The quantitative estimate of drug-likeness (QED) is 0.287. The fraction of sp³-hybridized carbons (Fsp3) is 0.292. The van der Waals surface area contributed by atoms with Crippen LogP contribution < -0.4 is 16.4 Å². The molecule has 0 radical (unpaired) electrons. The summed E-state index contributed by atoms with van der Waals surface area (Å²) >= 11 is 0. The monoisotopic (exact) mass is 574 g/mol. The Labute approximate surface area is 218 Å². The molecule has 0 aliphatic rings. The molecule has 4 rings (SSSR count). The van der Waals surface area contributed by atoms with Crippen LogP contribution >= 0.6 is 0 Å². The van der Waals surface area contributed by atoms with Gasteiger partial charge in [-0.1, -0.05) is 0 Å². The number of aromatic nitrogens is 5. The first-order valence-corrected chi connectivity index (χ1v) is 11.4. The van der Waals surface area contributed by atoms with Crippen molar-refractivity contribution in [2.45, 2.75) is 44.7 Å². The Bertz CT molecular complexity index is 1650. The number of aromatic amines is 1. The Kier molecular flexibility index (Phi) is 7.88. The fourth-order valence-electron chi connectivity index (χ4n) is 4.06. The van der Waals surface area contributed by atoms with Gasteiger partial charge in [0.15, 0.2) is 17.5 Å². The zero-order chi connectivity index (χ0) is 29.4. The SMILES string of the molecule is C[C@H](C[C@@H](F)Cn1ccc2cc(-c3ncc(C(F)F)cn3)c(F)c(F)c2c1=O)Nc1cn[nH]c(=O)c1C(F)(F)F. The number of anilines is 1. The van der Waals surface area contributed by atoms with Crippen LogP contribution in [-0.4, -0.2) is 36.9 Å². The predicted molar refractivity (Wildman–Crippen MR) is 127 cm³/mol. The van der Waals surface area contributed by atoms with Crippen LogP contribution in [0.4, 0.5) is 40.8 Å². The largest absolute Gasteiger partial charge is 0.423 e. The van der Waals surface area contributed by atoms with E-state index in [0.717, 1.165) is 35.4 Å². The van der Waals surface area contributed by atoms with Gasteiger partial charge in [0, 0.05) is 31.1 Å². The molecule has 0 bridgehead atoms. The van der Waals surface area contributed by atoms with Crippen molar-refractivity contribution in [1.82, 2.24) is 24.7 Å². The number of nitrogens with zero attached hydrogens (tertiary/aromatic N) is 4. The third-order valence-corrected chi connectivity index (χ3v) is 5.86. The number of nitrogens with one attached hydrogen (secondary N) is 2. The summed E-state index contributed by atoms with van der Waals surface area (Å²) in [4.78, 5) is 31.7. The van der Waals surface area contributed by atoms with E-state index in [1.54, 1.807) is 5.10 Å². The minimum absolute atomic E-state index is 0.0939. The van der Waals surface area contributed by atoms with E-state index >= 15 is 0 Å². The van der Waals surface area contributed by atoms with Crippen LogP contribution in [0.25, 0.3) is 22.2 Å². The van der Waals surface area contributed by atoms with E-state index in [2.05, 4.69) is 20.4 Å². The summed E-state index contributed by atoms with van der Waals surface area (Å²) in [6.45, 7) is 0.686. The average molecular weight is 574 g/mol. The number of hydrogen-bond acceptors (Lipinski definition) is 6. The van der Waals surface area contributed by atoms with Crippen LogP contribution in [0, 0.1) is 11.6 Å². The molecular formula is C24H18F8N6O2. The van der Waals surface area contributed by atoms with Gasteiger partial charge in [0.25, 0.3) is 17.5 Å². The number of benzene rings is 1. The Morgan fingerprint density at radius 2 is 1.73 bits per heavy atom. The van der Waals surface area contributed by atoms with Crippen LogP contribution in [-0.2, 0) is 12.7 Å². The van der Waals surface area contributed by atoms with E-state index in [1.165, 1.54) is 13.0 Å². The van der Waals surface area contributed by atoms with Crippen LogP contribution in [0.5, 0.6) is 0 Å². The summed E-state index contributed by atoms with van der Waals surface area (Å²) < 4.78 is 111. The molecule has 0 spiro atoms. The number of fused-ring (bicyclic) bond motifs is 1. The molecule has 4 aromatic rings. The maximum Gasteiger partial charge on any atom is 0.423 e. The first kappa shape index (κ1) is 28.6. The smallest absolute Gasteiger partial charge is 0.381 e. The lowest BCUT2D eigenvalue weighted by Crippen LogP contribution is -2.30. The van der Waals surface area contributed by atoms with E-state index < -0.39 is 94.1 Å². The molecule has 0 fully saturated rings. The van der Waals surface area contributed by atoms with Crippen LogP contribution in [0.3, 0.4) is 0 Å². The summed E-state index contributed by atoms with van der Waals surface area (Å²) in [5.41, 5.74) is -5.80.